The Kier molecular flexibility index (Phi) is 4.48. The highest BCUT2D eigenvalue weighted by atomic mass is 16.5. The molecule has 0 unspecified atom stereocenters. The van der Waals surface area contributed by atoms with Gasteiger partial charge in [-0.05, 0) is 18.8 Å². The van der Waals surface area contributed by atoms with Gasteiger partial charge in [-0.3, -0.25) is 14.6 Å². The van der Waals surface area contributed by atoms with E-state index in [1.165, 1.54) is 17.9 Å². The number of ether oxygens (including phenoxy) is 1. The minimum absolute atomic E-state index is 0.0556. The third-order valence-corrected chi connectivity index (χ3v) is 3.81. The Morgan fingerprint density at radius 1 is 1.46 bits per heavy atom. The number of methoxy groups -OCH3 is 1. The molecule has 3 rings (SSSR count). The first-order valence-corrected chi connectivity index (χ1v) is 7.98. The van der Waals surface area contributed by atoms with Crippen LogP contribution in [0.5, 0.6) is 0 Å². The molecule has 2 N–H and O–H groups in total. The topological polar surface area (TPSA) is 102 Å². The summed E-state index contributed by atoms with van der Waals surface area (Å²) in [5.41, 5.74) is 1.31. The maximum atomic E-state index is 11.9. The Balaban J connectivity index is 2.02. The summed E-state index contributed by atoms with van der Waals surface area (Å²) >= 11 is 0. The van der Waals surface area contributed by atoms with Gasteiger partial charge in [-0.25, -0.2) is 4.98 Å². The number of nitrogens with zero attached hydrogens (tertiary/aromatic N) is 3. The number of carbonyl (C=O) groups is 1. The first-order chi connectivity index (χ1) is 11.5. The fraction of sp³-hybridized carbons (Fsp3) is 0.500. The van der Waals surface area contributed by atoms with Crippen LogP contribution in [0.2, 0.25) is 0 Å². The highest BCUT2D eigenvalue weighted by Crippen LogP contribution is 2.40. The summed E-state index contributed by atoms with van der Waals surface area (Å²) < 4.78 is 6.32. The van der Waals surface area contributed by atoms with E-state index in [-0.39, 0.29) is 24.0 Å². The molecular formula is C16H21N5O3. The van der Waals surface area contributed by atoms with E-state index in [1.807, 2.05) is 19.9 Å². The molecule has 0 spiro atoms. The van der Waals surface area contributed by atoms with Gasteiger partial charge in [0.25, 0.3) is 11.5 Å². The van der Waals surface area contributed by atoms with Gasteiger partial charge in [0.2, 0.25) is 5.95 Å². The molecule has 1 saturated carbocycles. The zero-order chi connectivity index (χ0) is 17.3. The van der Waals surface area contributed by atoms with Gasteiger partial charge in [0.15, 0.2) is 0 Å². The summed E-state index contributed by atoms with van der Waals surface area (Å²) in [5, 5.41) is 7.28. The normalized spacial score (nSPS) is 14.2. The number of aromatic nitrogens is 4. The molecule has 0 bridgehead atoms. The van der Waals surface area contributed by atoms with Gasteiger partial charge < -0.3 is 10.1 Å². The summed E-state index contributed by atoms with van der Waals surface area (Å²) in [6, 6.07) is 3.30. The van der Waals surface area contributed by atoms with Crippen molar-refractivity contribution in [1.82, 2.24) is 19.7 Å². The summed E-state index contributed by atoms with van der Waals surface area (Å²) in [6.45, 7) is 3.87. The van der Waals surface area contributed by atoms with Gasteiger partial charge in [0.1, 0.15) is 12.4 Å². The van der Waals surface area contributed by atoms with Crippen LogP contribution < -0.4 is 10.9 Å². The molecular weight excluding hydrogens is 310 g/mol. The van der Waals surface area contributed by atoms with E-state index in [9.17, 15) is 9.59 Å². The van der Waals surface area contributed by atoms with E-state index in [0.29, 0.717) is 23.4 Å². The molecule has 0 saturated heterocycles. The van der Waals surface area contributed by atoms with Crippen molar-refractivity contribution in [3.8, 4) is 5.95 Å². The fourth-order valence-corrected chi connectivity index (χ4v) is 2.40. The van der Waals surface area contributed by atoms with Crippen LogP contribution in [0, 0.1) is 0 Å². The third kappa shape index (κ3) is 3.53. The van der Waals surface area contributed by atoms with E-state index < -0.39 is 0 Å². The van der Waals surface area contributed by atoms with Crippen molar-refractivity contribution in [2.75, 3.05) is 19.0 Å². The standard InChI is InChI=1S/C16H21N5O3/c1-9(2)11-7-14(22)19-16(17-11)21-13(18-15(23)8-24-3)6-12(20-21)10-4-5-10/h6-7,9-10H,4-5,8H2,1-3H3,(H,18,23)(H,17,19,22). The van der Waals surface area contributed by atoms with Gasteiger partial charge in [0.05, 0.1) is 11.4 Å². The van der Waals surface area contributed by atoms with Gasteiger partial charge in [-0.1, -0.05) is 13.8 Å². The Morgan fingerprint density at radius 3 is 2.83 bits per heavy atom. The number of H-pyrrole nitrogens is 1. The van der Waals surface area contributed by atoms with Gasteiger partial charge in [-0.2, -0.15) is 9.78 Å². The van der Waals surface area contributed by atoms with Crippen molar-refractivity contribution in [3.63, 3.8) is 0 Å². The average molecular weight is 331 g/mol. The van der Waals surface area contributed by atoms with Crippen LogP contribution in [0.1, 0.15) is 49.9 Å². The Hall–Kier alpha value is -2.48. The molecule has 8 heteroatoms. The van der Waals surface area contributed by atoms with Gasteiger partial charge in [0, 0.05) is 25.2 Å². The SMILES string of the molecule is COCC(=O)Nc1cc(C2CC2)nn1-c1nc(C(C)C)cc(=O)[nH]1. The Labute approximate surface area is 139 Å². The summed E-state index contributed by atoms with van der Waals surface area (Å²) in [4.78, 5) is 31.0. The first-order valence-electron chi connectivity index (χ1n) is 7.98. The lowest BCUT2D eigenvalue weighted by molar-refractivity contribution is -0.119. The largest absolute Gasteiger partial charge is 0.375 e. The molecule has 0 radical (unpaired) electrons. The van der Waals surface area contributed by atoms with Crippen LogP contribution in [0.4, 0.5) is 5.82 Å². The summed E-state index contributed by atoms with van der Waals surface area (Å²) in [6.07, 6.45) is 2.16. The van der Waals surface area contributed by atoms with Crippen LogP contribution >= 0.6 is 0 Å². The molecule has 2 aromatic rings. The number of carbonyl (C=O) groups excluding carboxylic acids is 1. The number of hydrogen-bond donors (Lipinski definition) is 2. The van der Waals surface area contributed by atoms with Crippen LogP contribution in [0.15, 0.2) is 16.9 Å². The molecule has 0 aliphatic heterocycles. The molecule has 8 nitrogen and oxygen atoms in total. The smallest absolute Gasteiger partial charge is 0.252 e. The third-order valence-electron chi connectivity index (χ3n) is 3.81. The number of nitrogens with one attached hydrogen (secondary N) is 2. The number of anilines is 1. The second kappa shape index (κ2) is 6.56. The van der Waals surface area contributed by atoms with Crippen molar-refractivity contribution < 1.29 is 9.53 Å². The quantitative estimate of drug-likeness (QED) is 0.836. The fourth-order valence-electron chi connectivity index (χ4n) is 2.40. The molecule has 2 aromatic heterocycles. The van der Waals surface area contributed by atoms with E-state index in [2.05, 4.69) is 20.4 Å². The Morgan fingerprint density at radius 2 is 2.21 bits per heavy atom. The monoisotopic (exact) mass is 331 g/mol. The summed E-state index contributed by atoms with van der Waals surface area (Å²) in [7, 11) is 1.46. The lowest BCUT2D eigenvalue weighted by Crippen LogP contribution is -2.21. The minimum atomic E-state index is -0.289. The molecule has 128 valence electrons. The van der Waals surface area contributed by atoms with Crippen molar-refractivity contribution in [2.24, 2.45) is 0 Å². The van der Waals surface area contributed by atoms with Crippen molar-refractivity contribution in [2.45, 2.75) is 38.5 Å². The van der Waals surface area contributed by atoms with E-state index in [1.54, 1.807) is 0 Å². The predicted molar refractivity (Wildman–Crippen MR) is 88.5 cm³/mol. The second-order valence-electron chi connectivity index (χ2n) is 6.27. The van der Waals surface area contributed by atoms with E-state index in [4.69, 9.17) is 4.74 Å². The number of aromatic amines is 1. The number of hydrogen-bond acceptors (Lipinski definition) is 5. The van der Waals surface area contributed by atoms with E-state index >= 15 is 0 Å². The maximum Gasteiger partial charge on any atom is 0.252 e. The van der Waals surface area contributed by atoms with Gasteiger partial charge >= 0.3 is 0 Å². The van der Waals surface area contributed by atoms with Crippen molar-refractivity contribution in [3.05, 3.63) is 33.9 Å². The molecule has 1 amide bonds. The molecule has 0 atom stereocenters. The lowest BCUT2D eigenvalue weighted by atomic mass is 10.1. The minimum Gasteiger partial charge on any atom is -0.375 e. The average Bonchev–Trinajstić information content (AvgIpc) is 3.28. The van der Waals surface area contributed by atoms with Crippen molar-refractivity contribution >= 4 is 11.7 Å². The van der Waals surface area contributed by atoms with Crippen molar-refractivity contribution in [1.29, 1.82) is 0 Å². The highest BCUT2D eigenvalue weighted by molar-refractivity contribution is 5.91. The number of amides is 1. The predicted octanol–water partition coefficient (Wildman–Crippen LogP) is 1.54. The Bertz CT molecular complexity index is 804. The zero-order valence-corrected chi connectivity index (χ0v) is 14.0. The summed E-state index contributed by atoms with van der Waals surface area (Å²) in [5.74, 6) is 0.998. The lowest BCUT2D eigenvalue weighted by Gasteiger charge is -2.10. The van der Waals surface area contributed by atoms with Crippen LogP contribution in [-0.4, -0.2) is 39.4 Å². The van der Waals surface area contributed by atoms with Gasteiger partial charge in [-0.15, -0.1) is 0 Å². The molecule has 2 heterocycles. The maximum absolute atomic E-state index is 11.9. The van der Waals surface area contributed by atoms with Crippen LogP contribution in [0.3, 0.4) is 0 Å². The second-order valence-corrected chi connectivity index (χ2v) is 6.27. The van der Waals surface area contributed by atoms with Crippen LogP contribution in [0.25, 0.3) is 5.95 Å². The molecule has 1 aliphatic carbocycles. The first kappa shape index (κ1) is 16.4. The van der Waals surface area contributed by atoms with Crippen LogP contribution in [-0.2, 0) is 9.53 Å². The molecule has 1 fully saturated rings. The molecule has 24 heavy (non-hydrogen) atoms. The zero-order valence-electron chi connectivity index (χ0n) is 14.0. The molecule has 0 aromatic carbocycles. The van der Waals surface area contributed by atoms with E-state index in [0.717, 1.165) is 18.5 Å². The number of rotatable bonds is 6. The highest BCUT2D eigenvalue weighted by Gasteiger charge is 2.28. The molecule has 1 aliphatic rings.